The van der Waals surface area contributed by atoms with Gasteiger partial charge in [0.15, 0.2) is 5.76 Å². The van der Waals surface area contributed by atoms with Crippen LogP contribution in [-0.2, 0) is 0 Å². The van der Waals surface area contributed by atoms with E-state index in [0.717, 1.165) is 33.8 Å². The van der Waals surface area contributed by atoms with Gasteiger partial charge < -0.3 is 9.15 Å². The number of methoxy groups -OCH3 is 1. The number of aromatic nitrogens is 2. The molecule has 0 atom stereocenters. The maximum Gasteiger partial charge on any atom is 0.227 e. The molecular weight excluding hydrogens is 324 g/mol. The lowest BCUT2D eigenvalue weighted by Crippen LogP contribution is -1.88. The zero-order valence-electron chi connectivity index (χ0n) is 14.6. The summed E-state index contributed by atoms with van der Waals surface area (Å²) in [5.74, 6) is 2.11. The molecule has 0 spiro atoms. The fourth-order valence-electron chi connectivity index (χ4n) is 2.85. The molecule has 2 aromatic heterocycles. The minimum absolute atomic E-state index is 0.570. The third-order valence-electron chi connectivity index (χ3n) is 4.27. The molecule has 0 saturated heterocycles. The molecule has 0 N–H and O–H groups in total. The number of nitrogens with zero attached hydrogens (tertiary/aromatic N) is 2. The van der Waals surface area contributed by atoms with Gasteiger partial charge in [0.05, 0.1) is 13.3 Å². The van der Waals surface area contributed by atoms with Crippen molar-refractivity contribution < 1.29 is 9.15 Å². The van der Waals surface area contributed by atoms with Crippen molar-refractivity contribution in [3.05, 3.63) is 78.8 Å². The van der Waals surface area contributed by atoms with Crippen LogP contribution in [-0.4, -0.2) is 17.1 Å². The molecular formula is C22H18N2O2. The Morgan fingerprint density at radius 1 is 0.885 bits per heavy atom. The smallest absolute Gasteiger partial charge is 0.227 e. The van der Waals surface area contributed by atoms with E-state index in [0.29, 0.717) is 5.89 Å². The maximum absolute atomic E-state index is 6.04. The van der Waals surface area contributed by atoms with E-state index in [-0.39, 0.29) is 0 Å². The van der Waals surface area contributed by atoms with Crippen molar-refractivity contribution in [1.82, 2.24) is 9.97 Å². The van der Waals surface area contributed by atoms with Gasteiger partial charge in [-0.25, -0.2) is 4.98 Å². The first kappa shape index (κ1) is 16.1. The molecule has 0 fully saturated rings. The number of aryl methyl sites for hydroxylation is 1. The number of hydrogen-bond acceptors (Lipinski definition) is 4. The SMILES string of the molecule is COc1cccc(-c2cnccc2-c2ncc(-c3ccc(C)cc3)o2)c1. The van der Waals surface area contributed by atoms with E-state index in [2.05, 4.69) is 29.0 Å². The van der Waals surface area contributed by atoms with Crippen LogP contribution in [0.2, 0.25) is 0 Å². The normalized spacial score (nSPS) is 10.7. The third-order valence-corrected chi connectivity index (χ3v) is 4.27. The van der Waals surface area contributed by atoms with Crippen LogP contribution in [0, 0.1) is 6.92 Å². The molecule has 0 radical (unpaired) electrons. The highest BCUT2D eigenvalue weighted by molar-refractivity contribution is 5.80. The van der Waals surface area contributed by atoms with Gasteiger partial charge in [-0.15, -0.1) is 0 Å². The molecule has 0 unspecified atom stereocenters. The minimum Gasteiger partial charge on any atom is -0.497 e. The standard InChI is InChI=1S/C22H18N2O2/c1-15-6-8-16(9-7-15)21-14-24-22(26-21)19-10-11-23-13-20(19)17-4-3-5-18(12-17)25-2/h3-14H,1-2H3. The first-order valence-electron chi connectivity index (χ1n) is 8.36. The Kier molecular flexibility index (Phi) is 4.23. The van der Waals surface area contributed by atoms with Gasteiger partial charge in [-0.05, 0) is 30.7 Å². The highest BCUT2D eigenvalue weighted by atomic mass is 16.5. The summed E-state index contributed by atoms with van der Waals surface area (Å²) in [5, 5.41) is 0. The summed E-state index contributed by atoms with van der Waals surface area (Å²) < 4.78 is 11.4. The summed E-state index contributed by atoms with van der Waals surface area (Å²) in [6.45, 7) is 2.06. The lowest BCUT2D eigenvalue weighted by atomic mass is 10.0. The number of oxazole rings is 1. The van der Waals surface area contributed by atoms with E-state index >= 15 is 0 Å². The van der Waals surface area contributed by atoms with E-state index in [1.165, 1.54) is 5.56 Å². The number of ether oxygens (including phenoxy) is 1. The lowest BCUT2D eigenvalue weighted by Gasteiger charge is -2.08. The second-order valence-corrected chi connectivity index (χ2v) is 6.05. The number of rotatable bonds is 4. The van der Waals surface area contributed by atoms with Crippen LogP contribution in [0.5, 0.6) is 5.75 Å². The van der Waals surface area contributed by atoms with Crippen LogP contribution in [0.3, 0.4) is 0 Å². The quantitative estimate of drug-likeness (QED) is 0.499. The number of pyridine rings is 1. The van der Waals surface area contributed by atoms with E-state index in [9.17, 15) is 0 Å². The molecule has 4 aromatic rings. The van der Waals surface area contributed by atoms with E-state index in [1.807, 2.05) is 48.7 Å². The Hall–Kier alpha value is -3.40. The fraction of sp³-hybridized carbons (Fsp3) is 0.0909. The lowest BCUT2D eigenvalue weighted by molar-refractivity contribution is 0.415. The van der Waals surface area contributed by atoms with Gasteiger partial charge in [0.1, 0.15) is 5.75 Å². The summed E-state index contributed by atoms with van der Waals surface area (Å²) >= 11 is 0. The number of hydrogen-bond donors (Lipinski definition) is 0. The van der Waals surface area contributed by atoms with E-state index in [1.54, 1.807) is 19.5 Å². The van der Waals surface area contributed by atoms with Crippen LogP contribution in [0.25, 0.3) is 33.9 Å². The van der Waals surface area contributed by atoms with Crippen LogP contribution in [0.15, 0.2) is 77.6 Å². The van der Waals surface area contributed by atoms with Gasteiger partial charge in [0.25, 0.3) is 0 Å². The predicted octanol–water partition coefficient (Wildman–Crippen LogP) is 5.39. The van der Waals surface area contributed by atoms with Gasteiger partial charge in [0.2, 0.25) is 5.89 Å². The minimum atomic E-state index is 0.570. The molecule has 128 valence electrons. The van der Waals surface area contributed by atoms with Gasteiger partial charge >= 0.3 is 0 Å². The zero-order chi connectivity index (χ0) is 17.9. The second kappa shape index (κ2) is 6.84. The van der Waals surface area contributed by atoms with Crippen molar-refractivity contribution in [1.29, 1.82) is 0 Å². The Morgan fingerprint density at radius 2 is 1.73 bits per heavy atom. The van der Waals surface area contributed by atoms with Gasteiger partial charge in [0, 0.05) is 29.1 Å². The average Bonchev–Trinajstić information content (AvgIpc) is 3.18. The Morgan fingerprint density at radius 3 is 2.54 bits per heavy atom. The topological polar surface area (TPSA) is 48.2 Å². The van der Waals surface area contributed by atoms with Gasteiger partial charge in [-0.3, -0.25) is 4.98 Å². The summed E-state index contributed by atoms with van der Waals surface area (Å²) in [6, 6.07) is 18.0. The summed E-state index contributed by atoms with van der Waals surface area (Å²) in [4.78, 5) is 8.76. The third kappa shape index (κ3) is 3.09. The van der Waals surface area contributed by atoms with E-state index in [4.69, 9.17) is 9.15 Å². The highest BCUT2D eigenvalue weighted by Crippen LogP contribution is 2.34. The van der Waals surface area contributed by atoms with Crippen molar-refractivity contribution in [2.75, 3.05) is 7.11 Å². The molecule has 2 aromatic carbocycles. The first-order valence-corrected chi connectivity index (χ1v) is 8.36. The van der Waals surface area contributed by atoms with Crippen LogP contribution in [0.4, 0.5) is 0 Å². The van der Waals surface area contributed by atoms with Gasteiger partial charge in [-0.1, -0.05) is 42.0 Å². The monoisotopic (exact) mass is 342 g/mol. The molecule has 2 heterocycles. The summed E-state index contributed by atoms with van der Waals surface area (Å²) in [5.41, 5.74) is 5.06. The molecule has 4 nitrogen and oxygen atoms in total. The molecule has 26 heavy (non-hydrogen) atoms. The summed E-state index contributed by atoms with van der Waals surface area (Å²) in [6.07, 6.45) is 5.32. The van der Waals surface area contributed by atoms with Crippen molar-refractivity contribution in [3.63, 3.8) is 0 Å². The Balaban J connectivity index is 1.76. The van der Waals surface area contributed by atoms with Crippen LogP contribution < -0.4 is 4.74 Å². The van der Waals surface area contributed by atoms with Crippen molar-refractivity contribution in [3.8, 4) is 39.7 Å². The number of benzene rings is 2. The van der Waals surface area contributed by atoms with Gasteiger partial charge in [-0.2, -0.15) is 0 Å². The molecule has 4 heteroatoms. The van der Waals surface area contributed by atoms with Crippen LogP contribution >= 0.6 is 0 Å². The molecule has 4 rings (SSSR count). The molecule has 0 amide bonds. The van der Waals surface area contributed by atoms with Crippen LogP contribution in [0.1, 0.15) is 5.56 Å². The highest BCUT2D eigenvalue weighted by Gasteiger charge is 2.14. The maximum atomic E-state index is 6.04. The predicted molar refractivity (Wildman–Crippen MR) is 102 cm³/mol. The van der Waals surface area contributed by atoms with Crippen molar-refractivity contribution >= 4 is 0 Å². The van der Waals surface area contributed by atoms with Crippen molar-refractivity contribution in [2.24, 2.45) is 0 Å². The zero-order valence-corrected chi connectivity index (χ0v) is 14.6. The second-order valence-electron chi connectivity index (χ2n) is 6.05. The molecule has 0 bridgehead atoms. The summed E-state index contributed by atoms with van der Waals surface area (Å²) in [7, 11) is 1.66. The Bertz CT molecular complexity index is 1040. The Labute approximate surface area is 152 Å². The molecule has 0 aliphatic rings. The van der Waals surface area contributed by atoms with E-state index < -0.39 is 0 Å². The first-order chi connectivity index (χ1) is 12.7. The molecule has 0 saturated carbocycles. The average molecular weight is 342 g/mol. The van der Waals surface area contributed by atoms with Crippen molar-refractivity contribution in [2.45, 2.75) is 6.92 Å². The largest absolute Gasteiger partial charge is 0.497 e. The molecule has 0 aliphatic heterocycles. The fourth-order valence-corrected chi connectivity index (χ4v) is 2.85. The molecule has 0 aliphatic carbocycles.